The summed E-state index contributed by atoms with van der Waals surface area (Å²) in [5, 5.41) is 6.44. The molecular formula is C21H12N2. The number of fused-ring (bicyclic) bond motifs is 5. The zero-order valence-corrected chi connectivity index (χ0v) is 12.3. The molecule has 2 aromatic heterocycles. The molecule has 0 atom stereocenters. The summed E-state index contributed by atoms with van der Waals surface area (Å²) in [6.45, 7) is 0. The highest BCUT2D eigenvalue weighted by molar-refractivity contribution is 6.26. The number of pyridine rings is 1. The van der Waals surface area contributed by atoms with Crippen LogP contribution in [0.5, 0.6) is 0 Å². The predicted octanol–water partition coefficient (Wildman–Crippen LogP) is 5.38. The lowest BCUT2D eigenvalue weighted by molar-refractivity contribution is 1.32. The van der Waals surface area contributed by atoms with Crippen molar-refractivity contribution in [2.75, 3.05) is 0 Å². The molecule has 0 spiro atoms. The lowest BCUT2D eigenvalue weighted by atomic mass is 9.97. The molecule has 0 fully saturated rings. The standard InChI is InChI=1S/C21H12N2/c1-2-9-17-16(8-1)22-21-15-7-3-5-13-11-12-14-6-4-10-18(23(17)21)20(14)19(13)15/h1-12H. The van der Waals surface area contributed by atoms with Gasteiger partial charge < -0.3 is 0 Å². The van der Waals surface area contributed by atoms with Crippen molar-refractivity contribution in [2.24, 2.45) is 0 Å². The predicted molar refractivity (Wildman–Crippen MR) is 96.4 cm³/mol. The van der Waals surface area contributed by atoms with Crippen molar-refractivity contribution in [3.8, 4) is 0 Å². The molecule has 2 nitrogen and oxygen atoms in total. The van der Waals surface area contributed by atoms with Gasteiger partial charge in [-0.1, -0.05) is 54.6 Å². The van der Waals surface area contributed by atoms with Gasteiger partial charge in [0.25, 0.3) is 0 Å². The average molecular weight is 292 g/mol. The van der Waals surface area contributed by atoms with E-state index in [9.17, 15) is 0 Å². The maximum atomic E-state index is 4.93. The number of hydrogen-bond acceptors (Lipinski definition) is 1. The summed E-state index contributed by atoms with van der Waals surface area (Å²) in [5.74, 6) is 0. The van der Waals surface area contributed by atoms with Crippen molar-refractivity contribution < 1.29 is 0 Å². The Morgan fingerprint density at radius 1 is 0.609 bits per heavy atom. The largest absolute Gasteiger partial charge is 0.292 e. The Balaban J connectivity index is 2.13. The van der Waals surface area contributed by atoms with E-state index in [2.05, 4.69) is 77.2 Å². The molecule has 0 saturated carbocycles. The molecule has 0 radical (unpaired) electrons. The van der Waals surface area contributed by atoms with Crippen LogP contribution in [0.3, 0.4) is 0 Å². The lowest BCUT2D eigenvalue weighted by Gasteiger charge is -2.13. The number of benzene rings is 4. The Bertz CT molecular complexity index is 1360. The zero-order chi connectivity index (χ0) is 15.0. The van der Waals surface area contributed by atoms with Crippen molar-refractivity contribution >= 4 is 49.1 Å². The monoisotopic (exact) mass is 292 g/mol. The second kappa shape index (κ2) is 3.79. The van der Waals surface area contributed by atoms with E-state index in [1.165, 1.54) is 38.0 Å². The molecule has 4 aromatic carbocycles. The first-order valence-electron chi connectivity index (χ1n) is 7.84. The van der Waals surface area contributed by atoms with Crippen LogP contribution in [0.15, 0.2) is 72.8 Å². The molecule has 6 aromatic rings. The summed E-state index contributed by atoms with van der Waals surface area (Å²) in [4.78, 5) is 4.93. The second-order valence-corrected chi connectivity index (χ2v) is 6.10. The third kappa shape index (κ3) is 1.28. The Morgan fingerprint density at radius 2 is 1.35 bits per heavy atom. The smallest absolute Gasteiger partial charge is 0.146 e. The van der Waals surface area contributed by atoms with Gasteiger partial charge in [0.1, 0.15) is 5.65 Å². The van der Waals surface area contributed by atoms with E-state index in [1.807, 2.05) is 0 Å². The van der Waals surface area contributed by atoms with Crippen LogP contribution in [0.1, 0.15) is 0 Å². The van der Waals surface area contributed by atoms with Gasteiger partial charge in [-0.15, -0.1) is 0 Å². The van der Waals surface area contributed by atoms with Crippen LogP contribution in [0.2, 0.25) is 0 Å². The molecule has 23 heavy (non-hydrogen) atoms. The fourth-order valence-electron chi connectivity index (χ4n) is 3.96. The highest BCUT2D eigenvalue weighted by Crippen LogP contribution is 2.37. The molecule has 6 rings (SSSR count). The molecule has 106 valence electrons. The Labute approximate surface area is 131 Å². The van der Waals surface area contributed by atoms with Crippen LogP contribution in [-0.4, -0.2) is 9.38 Å². The molecular weight excluding hydrogens is 280 g/mol. The molecule has 0 aliphatic carbocycles. The summed E-state index contributed by atoms with van der Waals surface area (Å²) >= 11 is 0. The van der Waals surface area contributed by atoms with Crippen LogP contribution in [-0.2, 0) is 0 Å². The number of nitrogens with zero attached hydrogens (tertiary/aromatic N) is 2. The number of rotatable bonds is 0. The van der Waals surface area contributed by atoms with E-state index in [-0.39, 0.29) is 0 Å². The van der Waals surface area contributed by atoms with E-state index in [4.69, 9.17) is 4.98 Å². The molecule has 2 heterocycles. The van der Waals surface area contributed by atoms with E-state index in [1.54, 1.807) is 0 Å². The number of hydrogen-bond donors (Lipinski definition) is 0. The molecule has 2 heteroatoms. The average Bonchev–Trinajstić information content (AvgIpc) is 3.00. The van der Waals surface area contributed by atoms with E-state index in [0.717, 1.165) is 11.2 Å². The maximum absolute atomic E-state index is 4.93. The first-order chi connectivity index (χ1) is 11.4. The van der Waals surface area contributed by atoms with Gasteiger partial charge in [-0.2, -0.15) is 0 Å². The van der Waals surface area contributed by atoms with Gasteiger partial charge in [-0.3, -0.25) is 4.40 Å². The Hall–Kier alpha value is -3.13. The minimum Gasteiger partial charge on any atom is -0.292 e. The van der Waals surface area contributed by atoms with Gasteiger partial charge in [0.15, 0.2) is 0 Å². The van der Waals surface area contributed by atoms with Gasteiger partial charge in [0, 0.05) is 16.2 Å². The van der Waals surface area contributed by atoms with Gasteiger partial charge in [-0.05, 0) is 29.0 Å². The quantitative estimate of drug-likeness (QED) is 0.343. The molecule has 0 unspecified atom stereocenters. The number of para-hydroxylation sites is 2. The first kappa shape index (κ1) is 11.4. The molecule has 0 bridgehead atoms. The fourth-order valence-corrected chi connectivity index (χ4v) is 3.96. The molecule has 0 aliphatic rings. The van der Waals surface area contributed by atoms with E-state index < -0.39 is 0 Å². The van der Waals surface area contributed by atoms with Crippen LogP contribution in [0.4, 0.5) is 0 Å². The third-order valence-electron chi connectivity index (χ3n) is 4.91. The molecule has 0 N–H and O–H groups in total. The minimum absolute atomic E-state index is 1.04. The van der Waals surface area contributed by atoms with Crippen LogP contribution >= 0.6 is 0 Å². The van der Waals surface area contributed by atoms with Crippen molar-refractivity contribution in [3.63, 3.8) is 0 Å². The van der Waals surface area contributed by atoms with Gasteiger partial charge >= 0.3 is 0 Å². The van der Waals surface area contributed by atoms with Crippen LogP contribution in [0.25, 0.3) is 49.1 Å². The zero-order valence-electron chi connectivity index (χ0n) is 12.3. The van der Waals surface area contributed by atoms with Crippen molar-refractivity contribution in [2.45, 2.75) is 0 Å². The highest BCUT2D eigenvalue weighted by Gasteiger charge is 2.15. The molecule has 0 aliphatic heterocycles. The maximum Gasteiger partial charge on any atom is 0.146 e. The number of imidazole rings is 1. The van der Waals surface area contributed by atoms with Crippen LogP contribution < -0.4 is 0 Å². The van der Waals surface area contributed by atoms with Crippen LogP contribution in [0, 0.1) is 0 Å². The third-order valence-corrected chi connectivity index (χ3v) is 4.91. The van der Waals surface area contributed by atoms with E-state index in [0.29, 0.717) is 0 Å². The van der Waals surface area contributed by atoms with Gasteiger partial charge in [0.2, 0.25) is 0 Å². The number of aromatic nitrogens is 2. The minimum atomic E-state index is 1.04. The summed E-state index contributed by atoms with van der Waals surface area (Å²) in [6, 6.07) is 25.8. The Kier molecular flexibility index (Phi) is 1.89. The normalized spacial score (nSPS) is 12.3. The Morgan fingerprint density at radius 3 is 2.26 bits per heavy atom. The van der Waals surface area contributed by atoms with Gasteiger partial charge in [-0.25, -0.2) is 4.98 Å². The molecule has 0 saturated heterocycles. The first-order valence-corrected chi connectivity index (χ1v) is 7.84. The SMILES string of the molecule is c1ccc2c(c1)nc1c3cccc4ccc5cccc(c5c43)n21. The second-order valence-electron chi connectivity index (χ2n) is 6.10. The summed E-state index contributed by atoms with van der Waals surface area (Å²) < 4.78 is 2.30. The molecule has 0 amide bonds. The summed E-state index contributed by atoms with van der Waals surface area (Å²) in [7, 11) is 0. The summed E-state index contributed by atoms with van der Waals surface area (Å²) in [5.41, 5.74) is 4.49. The topological polar surface area (TPSA) is 17.3 Å². The highest BCUT2D eigenvalue weighted by atomic mass is 15.0. The summed E-state index contributed by atoms with van der Waals surface area (Å²) in [6.07, 6.45) is 0. The van der Waals surface area contributed by atoms with Gasteiger partial charge in [0.05, 0.1) is 16.6 Å². The van der Waals surface area contributed by atoms with Crippen molar-refractivity contribution in [1.82, 2.24) is 9.38 Å². The fraction of sp³-hybridized carbons (Fsp3) is 0. The lowest BCUT2D eigenvalue weighted by Crippen LogP contribution is -1.93. The van der Waals surface area contributed by atoms with Crippen molar-refractivity contribution in [1.29, 1.82) is 0 Å². The van der Waals surface area contributed by atoms with E-state index >= 15 is 0 Å². The van der Waals surface area contributed by atoms with Crippen molar-refractivity contribution in [3.05, 3.63) is 72.8 Å².